The van der Waals surface area contributed by atoms with Gasteiger partial charge >= 0.3 is 0 Å². The lowest BCUT2D eigenvalue weighted by Gasteiger charge is -2.13. The fraction of sp³-hybridized carbons (Fsp3) is 0.500. The van der Waals surface area contributed by atoms with Gasteiger partial charge in [0.25, 0.3) is 5.92 Å². The van der Waals surface area contributed by atoms with E-state index in [1.165, 1.54) is 6.26 Å². The SMILES string of the molecule is OCC(F)(F)CNCc1occc1Br. The van der Waals surface area contributed by atoms with Crippen LogP contribution in [0.3, 0.4) is 0 Å². The Balaban J connectivity index is 2.32. The van der Waals surface area contributed by atoms with Crippen molar-refractivity contribution in [2.45, 2.75) is 12.5 Å². The molecule has 14 heavy (non-hydrogen) atoms. The minimum Gasteiger partial charge on any atom is -0.467 e. The third-order valence-electron chi connectivity index (χ3n) is 1.59. The van der Waals surface area contributed by atoms with Crippen molar-refractivity contribution in [2.75, 3.05) is 13.2 Å². The molecule has 1 aromatic rings. The molecule has 0 saturated heterocycles. The molecule has 0 aromatic carbocycles. The van der Waals surface area contributed by atoms with Crippen molar-refractivity contribution in [1.29, 1.82) is 0 Å². The highest BCUT2D eigenvalue weighted by Gasteiger charge is 2.26. The van der Waals surface area contributed by atoms with Crippen LogP contribution >= 0.6 is 15.9 Å². The minimum absolute atomic E-state index is 0.198. The molecule has 1 heterocycles. The van der Waals surface area contributed by atoms with E-state index in [4.69, 9.17) is 9.52 Å². The first-order chi connectivity index (χ1) is 6.55. The van der Waals surface area contributed by atoms with Crippen LogP contribution < -0.4 is 5.32 Å². The summed E-state index contributed by atoms with van der Waals surface area (Å²) in [6.45, 7) is -1.53. The number of aliphatic hydroxyl groups is 1. The fourth-order valence-corrected chi connectivity index (χ4v) is 1.21. The first-order valence-corrected chi connectivity index (χ1v) is 4.76. The molecule has 0 aliphatic heterocycles. The summed E-state index contributed by atoms with van der Waals surface area (Å²) in [6, 6.07) is 1.68. The van der Waals surface area contributed by atoms with E-state index in [0.29, 0.717) is 5.76 Å². The second kappa shape index (κ2) is 4.86. The van der Waals surface area contributed by atoms with Crippen molar-refractivity contribution in [1.82, 2.24) is 5.32 Å². The fourth-order valence-electron chi connectivity index (χ4n) is 0.866. The van der Waals surface area contributed by atoms with Gasteiger partial charge in [0.2, 0.25) is 0 Å². The van der Waals surface area contributed by atoms with Gasteiger partial charge in [0.1, 0.15) is 12.4 Å². The average Bonchev–Trinajstić information content (AvgIpc) is 2.52. The molecule has 80 valence electrons. The monoisotopic (exact) mass is 269 g/mol. The van der Waals surface area contributed by atoms with Crippen molar-refractivity contribution < 1.29 is 18.3 Å². The lowest BCUT2D eigenvalue weighted by Crippen LogP contribution is -2.35. The number of hydrogen-bond acceptors (Lipinski definition) is 3. The number of aliphatic hydroxyl groups excluding tert-OH is 1. The molecule has 2 N–H and O–H groups in total. The van der Waals surface area contributed by atoms with Crippen LogP contribution in [-0.4, -0.2) is 24.2 Å². The lowest BCUT2D eigenvalue weighted by atomic mass is 10.3. The molecule has 3 nitrogen and oxygen atoms in total. The summed E-state index contributed by atoms with van der Waals surface area (Å²) in [5.74, 6) is -2.53. The molecule has 0 radical (unpaired) electrons. The van der Waals surface area contributed by atoms with E-state index in [2.05, 4.69) is 21.2 Å². The third-order valence-corrected chi connectivity index (χ3v) is 2.30. The normalized spacial score (nSPS) is 12.0. The van der Waals surface area contributed by atoms with Crippen molar-refractivity contribution in [2.24, 2.45) is 0 Å². The van der Waals surface area contributed by atoms with Crippen LogP contribution in [0.25, 0.3) is 0 Å². The Hall–Kier alpha value is -0.460. The summed E-state index contributed by atoms with van der Waals surface area (Å²) in [6.07, 6.45) is 1.46. The Kier molecular flexibility index (Phi) is 4.03. The van der Waals surface area contributed by atoms with Crippen LogP contribution in [0.5, 0.6) is 0 Å². The molecule has 0 unspecified atom stereocenters. The van der Waals surface area contributed by atoms with E-state index in [1.807, 2.05) is 0 Å². The Morgan fingerprint density at radius 2 is 2.29 bits per heavy atom. The Bertz CT molecular complexity index is 291. The molecular weight excluding hydrogens is 260 g/mol. The molecule has 0 bridgehead atoms. The molecule has 0 amide bonds. The van der Waals surface area contributed by atoms with Crippen LogP contribution in [0.2, 0.25) is 0 Å². The lowest BCUT2D eigenvalue weighted by molar-refractivity contribution is -0.0479. The molecule has 1 rings (SSSR count). The quantitative estimate of drug-likeness (QED) is 0.857. The standard InChI is InChI=1S/C8H10BrF2NO2/c9-6-1-2-14-7(6)3-12-4-8(10,11)5-13/h1-2,12-13H,3-5H2. The van der Waals surface area contributed by atoms with Gasteiger partial charge in [0, 0.05) is 0 Å². The number of rotatable bonds is 5. The minimum atomic E-state index is -3.08. The zero-order chi connectivity index (χ0) is 10.6. The first-order valence-electron chi connectivity index (χ1n) is 3.96. The molecule has 1 aromatic heterocycles. The first kappa shape index (κ1) is 11.6. The summed E-state index contributed by atoms with van der Waals surface area (Å²) in [5, 5.41) is 10.8. The summed E-state index contributed by atoms with van der Waals surface area (Å²) in [4.78, 5) is 0. The van der Waals surface area contributed by atoms with Crippen LogP contribution in [0.1, 0.15) is 5.76 Å². The molecule has 0 aliphatic rings. The predicted molar refractivity (Wildman–Crippen MR) is 50.1 cm³/mol. The van der Waals surface area contributed by atoms with Gasteiger partial charge in [0.05, 0.1) is 23.8 Å². The molecule has 0 fully saturated rings. The van der Waals surface area contributed by atoms with E-state index in [-0.39, 0.29) is 6.54 Å². The molecule has 6 heteroatoms. The van der Waals surface area contributed by atoms with E-state index >= 15 is 0 Å². The van der Waals surface area contributed by atoms with E-state index in [1.54, 1.807) is 6.07 Å². The number of furan rings is 1. The third kappa shape index (κ3) is 3.36. The molecular formula is C8H10BrF2NO2. The predicted octanol–water partition coefficient (Wildman–Crippen LogP) is 1.76. The van der Waals surface area contributed by atoms with Crippen LogP contribution in [0, 0.1) is 0 Å². The van der Waals surface area contributed by atoms with Gasteiger partial charge < -0.3 is 14.8 Å². The van der Waals surface area contributed by atoms with Crippen molar-refractivity contribution in [3.63, 3.8) is 0 Å². The smallest absolute Gasteiger partial charge is 0.282 e. The van der Waals surface area contributed by atoms with Gasteiger partial charge in [-0.2, -0.15) is 0 Å². The van der Waals surface area contributed by atoms with Gasteiger partial charge in [-0.25, -0.2) is 8.78 Å². The topological polar surface area (TPSA) is 45.4 Å². The van der Waals surface area contributed by atoms with Crippen LogP contribution in [-0.2, 0) is 6.54 Å². The molecule has 0 saturated carbocycles. The summed E-state index contributed by atoms with van der Waals surface area (Å²) in [5.41, 5.74) is 0. The molecule has 0 atom stereocenters. The second-order valence-electron chi connectivity index (χ2n) is 2.81. The molecule has 0 aliphatic carbocycles. The van der Waals surface area contributed by atoms with Crippen molar-refractivity contribution in [3.05, 3.63) is 22.6 Å². The summed E-state index contributed by atoms with van der Waals surface area (Å²) in [7, 11) is 0. The van der Waals surface area contributed by atoms with E-state index in [0.717, 1.165) is 4.47 Å². The largest absolute Gasteiger partial charge is 0.467 e. The van der Waals surface area contributed by atoms with Gasteiger partial charge in [0.15, 0.2) is 0 Å². The van der Waals surface area contributed by atoms with Crippen LogP contribution in [0.4, 0.5) is 8.78 Å². The van der Waals surface area contributed by atoms with Crippen molar-refractivity contribution >= 4 is 15.9 Å². The van der Waals surface area contributed by atoms with Gasteiger partial charge in [-0.15, -0.1) is 0 Å². The van der Waals surface area contributed by atoms with E-state index in [9.17, 15) is 8.78 Å². The highest BCUT2D eigenvalue weighted by molar-refractivity contribution is 9.10. The maximum atomic E-state index is 12.5. The number of halogens is 3. The van der Waals surface area contributed by atoms with Gasteiger partial charge in [-0.05, 0) is 22.0 Å². The Morgan fingerprint density at radius 3 is 2.79 bits per heavy atom. The second-order valence-corrected chi connectivity index (χ2v) is 3.66. The number of nitrogens with one attached hydrogen (secondary N) is 1. The van der Waals surface area contributed by atoms with Gasteiger partial charge in [-0.3, -0.25) is 0 Å². The molecule has 0 spiro atoms. The highest BCUT2D eigenvalue weighted by Crippen LogP contribution is 2.17. The van der Waals surface area contributed by atoms with Crippen molar-refractivity contribution in [3.8, 4) is 0 Å². The zero-order valence-corrected chi connectivity index (χ0v) is 8.85. The Morgan fingerprint density at radius 1 is 1.57 bits per heavy atom. The van der Waals surface area contributed by atoms with E-state index < -0.39 is 19.1 Å². The maximum absolute atomic E-state index is 12.5. The summed E-state index contributed by atoms with van der Waals surface area (Å²) >= 11 is 3.19. The number of alkyl halides is 2. The summed E-state index contributed by atoms with van der Waals surface area (Å²) < 4.78 is 30.8. The van der Waals surface area contributed by atoms with Crippen LogP contribution in [0.15, 0.2) is 21.2 Å². The maximum Gasteiger partial charge on any atom is 0.282 e. The van der Waals surface area contributed by atoms with Gasteiger partial charge in [-0.1, -0.05) is 0 Å². The average molecular weight is 270 g/mol. The Labute approximate surface area is 88.2 Å². The number of hydrogen-bond donors (Lipinski definition) is 2. The highest BCUT2D eigenvalue weighted by atomic mass is 79.9. The zero-order valence-electron chi connectivity index (χ0n) is 7.27.